The Morgan fingerprint density at radius 2 is 1.97 bits per heavy atom. The summed E-state index contributed by atoms with van der Waals surface area (Å²) in [5.74, 6) is 0.810. The number of benzene rings is 1. The molecule has 3 N–H and O–H groups in total. The maximum Gasteiger partial charge on any atom is 0.135 e. The second kappa shape index (κ2) is 8.61. The smallest absolute Gasteiger partial charge is 0.135 e. The Balaban J connectivity index is 1.71. The van der Waals surface area contributed by atoms with Crippen molar-refractivity contribution in [1.29, 1.82) is 0 Å². The number of nitrogens with zero attached hydrogens (tertiary/aromatic N) is 2. The molecule has 0 aliphatic heterocycles. The summed E-state index contributed by atoms with van der Waals surface area (Å²) in [5, 5.41) is 4.50. The molecule has 0 fully saturated rings. The number of ether oxygens (including phenoxy) is 1. The third kappa shape index (κ3) is 4.38. The van der Waals surface area contributed by atoms with Crippen LogP contribution in [0.5, 0.6) is 0 Å². The minimum absolute atomic E-state index is 0.0385. The number of allylic oxidation sites excluding steroid dienone is 2. The molecule has 0 bridgehead atoms. The number of rotatable bonds is 7. The molecule has 1 aliphatic rings. The first-order valence-electron chi connectivity index (χ1n) is 10.7. The first-order chi connectivity index (χ1) is 15.0. The number of fused-ring (bicyclic) bond motifs is 1. The zero-order chi connectivity index (χ0) is 21.9. The van der Waals surface area contributed by atoms with E-state index in [0.717, 1.165) is 29.0 Å². The van der Waals surface area contributed by atoms with E-state index in [4.69, 9.17) is 15.5 Å². The van der Waals surface area contributed by atoms with Crippen molar-refractivity contribution in [1.82, 2.24) is 9.97 Å². The average molecular weight is 415 g/mol. The summed E-state index contributed by atoms with van der Waals surface area (Å²) >= 11 is 0. The number of pyridine rings is 2. The molecule has 5 nitrogen and oxygen atoms in total. The van der Waals surface area contributed by atoms with Crippen LogP contribution in [0.2, 0.25) is 0 Å². The highest BCUT2D eigenvalue weighted by Gasteiger charge is 2.33. The number of methoxy groups -OCH3 is 1. The summed E-state index contributed by atoms with van der Waals surface area (Å²) in [6, 6.07) is 16.4. The van der Waals surface area contributed by atoms with E-state index in [1.807, 2.05) is 30.5 Å². The van der Waals surface area contributed by atoms with Crippen LogP contribution in [0.15, 0.2) is 73.0 Å². The van der Waals surface area contributed by atoms with Gasteiger partial charge in [0.15, 0.2) is 0 Å². The Kier molecular flexibility index (Phi) is 5.90. The van der Waals surface area contributed by atoms with Crippen LogP contribution in [0.25, 0.3) is 16.5 Å². The predicted molar refractivity (Wildman–Crippen MR) is 128 cm³/mol. The third-order valence-corrected chi connectivity index (χ3v) is 5.95. The molecule has 0 radical (unpaired) electrons. The van der Waals surface area contributed by atoms with Gasteiger partial charge in [0.1, 0.15) is 11.4 Å². The Bertz CT molecular complexity index is 1120. The molecular weight excluding hydrogens is 384 g/mol. The first kappa shape index (κ1) is 21.2. The van der Waals surface area contributed by atoms with E-state index in [1.54, 1.807) is 7.11 Å². The van der Waals surface area contributed by atoms with E-state index in [9.17, 15) is 0 Å². The average Bonchev–Trinajstić information content (AvgIpc) is 2.83. The lowest BCUT2D eigenvalue weighted by Gasteiger charge is -2.31. The van der Waals surface area contributed by atoms with Crippen molar-refractivity contribution in [2.75, 3.05) is 25.5 Å². The van der Waals surface area contributed by atoms with Crippen molar-refractivity contribution in [2.24, 2.45) is 11.1 Å². The standard InChI is InChI=1S/C26H30N4O/c1-25(2,17-27)18-29-24-21-10-7-15-28-22(21)16-23(30-24)26(31-3)13-11-20(12-14-26)19-8-5-4-6-9-19/h4-13,15-16H,14,17-18,27H2,1-3H3,(H,29,30). The zero-order valence-electron chi connectivity index (χ0n) is 18.4. The van der Waals surface area contributed by atoms with Gasteiger partial charge in [0.05, 0.1) is 11.2 Å². The highest BCUT2D eigenvalue weighted by atomic mass is 16.5. The number of hydrogen-bond donors (Lipinski definition) is 2. The summed E-state index contributed by atoms with van der Waals surface area (Å²) < 4.78 is 6.05. The van der Waals surface area contributed by atoms with Gasteiger partial charge in [-0.15, -0.1) is 0 Å². The van der Waals surface area contributed by atoms with Crippen LogP contribution < -0.4 is 11.1 Å². The van der Waals surface area contributed by atoms with Crippen molar-refractivity contribution in [2.45, 2.75) is 25.9 Å². The van der Waals surface area contributed by atoms with Crippen LogP contribution in [-0.4, -0.2) is 30.2 Å². The molecule has 2 aromatic heterocycles. The van der Waals surface area contributed by atoms with Gasteiger partial charge in [-0.05, 0) is 47.4 Å². The van der Waals surface area contributed by atoms with Gasteiger partial charge in [-0.25, -0.2) is 4.98 Å². The van der Waals surface area contributed by atoms with Gasteiger partial charge in [-0.1, -0.05) is 56.3 Å². The molecule has 1 aliphatic carbocycles. The van der Waals surface area contributed by atoms with Crippen molar-refractivity contribution >= 4 is 22.3 Å². The number of anilines is 1. The van der Waals surface area contributed by atoms with Crippen molar-refractivity contribution in [3.63, 3.8) is 0 Å². The highest BCUT2D eigenvalue weighted by Crippen LogP contribution is 2.38. The SMILES string of the molecule is COC1(c2cc3ncccc3c(NCC(C)(C)CN)n2)C=CC(c2ccccc2)=CC1. The molecule has 0 amide bonds. The Labute approximate surface area is 184 Å². The van der Waals surface area contributed by atoms with Gasteiger partial charge < -0.3 is 15.8 Å². The lowest BCUT2D eigenvalue weighted by molar-refractivity contribution is 0.0275. The number of hydrogen-bond acceptors (Lipinski definition) is 5. The molecule has 0 saturated heterocycles. The van der Waals surface area contributed by atoms with Crippen LogP contribution in [0.3, 0.4) is 0 Å². The molecule has 0 saturated carbocycles. The topological polar surface area (TPSA) is 73.1 Å². The maximum absolute atomic E-state index is 6.05. The Hall–Kier alpha value is -3.02. The van der Waals surface area contributed by atoms with Gasteiger partial charge in [-0.2, -0.15) is 0 Å². The number of nitrogens with one attached hydrogen (secondary N) is 1. The largest absolute Gasteiger partial charge is 0.369 e. The molecule has 2 heterocycles. The van der Waals surface area contributed by atoms with Crippen molar-refractivity contribution in [3.05, 3.63) is 84.2 Å². The van der Waals surface area contributed by atoms with E-state index < -0.39 is 5.60 Å². The summed E-state index contributed by atoms with van der Waals surface area (Å²) in [5.41, 5.74) is 9.37. The van der Waals surface area contributed by atoms with E-state index in [0.29, 0.717) is 13.0 Å². The maximum atomic E-state index is 6.05. The highest BCUT2D eigenvalue weighted by molar-refractivity contribution is 5.89. The predicted octanol–water partition coefficient (Wildman–Crippen LogP) is 4.91. The quantitative estimate of drug-likeness (QED) is 0.575. The lowest BCUT2D eigenvalue weighted by Crippen LogP contribution is -2.32. The van der Waals surface area contributed by atoms with Crippen LogP contribution in [0.1, 0.15) is 31.5 Å². The molecule has 1 atom stereocenters. The number of aromatic nitrogens is 2. The fourth-order valence-corrected chi connectivity index (χ4v) is 3.73. The van der Waals surface area contributed by atoms with Gasteiger partial charge >= 0.3 is 0 Å². The van der Waals surface area contributed by atoms with Crippen molar-refractivity contribution in [3.8, 4) is 0 Å². The van der Waals surface area contributed by atoms with E-state index in [2.05, 4.69) is 66.6 Å². The molecule has 0 spiro atoms. The van der Waals surface area contributed by atoms with Crippen molar-refractivity contribution < 1.29 is 4.74 Å². The Morgan fingerprint density at radius 1 is 1.16 bits per heavy atom. The van der Waals surface area contributed by atoms with Crippen LogP contribution in [0, 0.1) is 5.41 Å². The summed E-state index contributed by atoms with van der Waals surface area (Å²) in [6.45, 7) is 5.59. The molecular formula is C26H30N4O. The molecule has 3 aromatic rings. The van der Waals surface area contributed by atoms with Crippen LogP contribution in [0.4, 0.5) is 5.82 Å². The monoisotopic (exact) mass is 414 g/mol. The molecule has 160 valence electrons. The van der Waals surface area contributed by atoms with Gasteiger partial charge in [0, 0.05) is 31.7 Å². The van der Waals surface area contributed by atoms with Crippen LogP contribution >= 0.6 is 0 Å². The Morgan fingerprint density at radius 3 is 2.65 bits per heavy atom. The molecule has 1 unspecified atom stereocenters. The molecule has 5 heteroatoms. The lowest BCUT2D eigenvalue weighted by atomic mass is 9.86. The molecule has 1 aromatic carbocycles. The second-order valence-electron chi connectivity index (χ2n) is 8.80. The van der Waals surface area contributed by atoms with E-state index in [1.165, 1.54) is 11.1 Å². The van der Waals surface area contributed by atoms with Gasteiger partial charge in [0.2, 0.25) is 0 Å². The number of nitrogens with two attached hydrogens (primary N) is 1. The molecule has 31 heavy (non-hydrogen) atoms. The summed E-state index contributed by atoms with van der Waals surface area (Å²) in [7, 11) is 1.74. The minimum atomic E-state index is -0.635. The third-order valence-electron chi connectivity index (χ3n) is 5.95. The van der Waals surface area contributed by atoms with E-state index in [-0.39, 0.29) is 5.41 Å². The zero-order valence-corrected chi connectivity index (χ0v) is 18.4. The minimum Gasteiger partial charge on any atom is -0.369 e. The molecule has 4 rings (SSSR count). The second-order valence-corrected chi connectivity index (χ2v) is 8.80. The first-order valence-corrected chi connectivity index (χ1v) is 10.7. The fourth-order valence-electron chi connectivity index (χ4n) is 3.73. The fraction of sp³-hybridized carbons (Fsp3) is 0.308. The summed E-state index contributed by atoms with van der Waals surface area (Å²) in [6.07, 6.45) is 8.96. The van der Waals surface area contributed by atoms with Crippen LogP contribution in [-0.2, 0) is 10.3 Å². The van der Waals surface area contributed by atoms with Gasteiger partial charge in [-0.3, -0.25) is 4.98 Å². The normalized spacial score (nSPS) is 18.8. The van der Waals surface area contributed by atoms with Gasteiger partial charge in [0.25, 0.3) is 0 Å². The summed E-state index contributed by atoms with van der Waals surface area (Å²) in [4.78, 5) is 9.60. The van der Waals surface area contributed by atoms with E-state index >= 15 is 0 Å².